The number of Topliss-reactive ketones (excluding diaryl/α,β-unsaturated/α-hetero) is 1. The highest BCUT2D eigenvalue weighted by Gasteiger charge is 2.43. The molecule has 0 aliphatic carbocycles. The van der Waals surface area contributed by atoms with Crippen molar-refractivity contribution in [2.45, 2.75) is 119 Å². The van der Waals surface area contributed by atoms with Gasteiger partial charge in [-0.15, -0.1) is 0 Å². The van der Waals surface area contributed by atoms with Crippen LogP contribution in [0.25, 0.3) is 0 Å². The van der Waals surface area contributed by atoms with Crippen LogP contribution in [0.3, 0.4) is 0 Å². The Labute approximate surface area is 190 Å². The molecule has 0 bridgehead atoms. The molecule has 0 aromatic rings. The third-order valence-corrected chi connectivity index (χ3v) is 7.65. The van der Waals surface area contributed by atoms with Crippen molar-refractivity contribution in [3.05, 3.63) is 0 Å². The molecule has 2 amide bonds. The molecule has 31 heavy (non-hydrogen) atoms. The molecule has 0 spiro atoms. The second-order valence-corrected chi connectivity index (χ2v) is 10.8. The fraction of sp³-hybridized carbons (Fsp3) is 0.880. The summed E-state index contributed by atoms with van der Waals surface area (Å²) in [6.07, 6.45) is 4.51. The minimum absolute atomic E-state index is 0.00273. The Morgan fingerprint density at radius 1 is 0.871 bits per heavy atom. The molecule has 0 saturated carbocycles. The van der Waals surface area contributed by atoms with E-state index in [0.717, 1.165) is 19.3 Å². The summed E-state index contributed by atoms with van der Waals surface area (Å²) < 4.78 is 0. The van der Waals surface area contributed by atoms with Crippen LogP contribution in [0.2, 0.25) is 0 Å². The average Bonchev–Trinajstić information content (AvgIpc) is 2.70. The van der Waals surface area contributed by atoms with Crippen molar-refractivity contribution in [2.24, 2.45) is 22.0 Å². The monoisotopic (exact) mass is 439 g/mol. The molecular weight excluding hydrogens is 390 g/mol. The number of hydrogen-bond donors (Lipinski definition) is 3. The van der Waals surface area contributed by atoms with E-state index in [1.54, 1.807) is 7.05 Å². The highest BCUT2D eigenvalue weighted by molar-refractivity contribution is 5.88. The predicted molar refractivity (Wildman–Crippen MR) is 129 cm³/mol. The van der Waals surface area contributed by atoms with Gasteiger partial charge in [0.1, 0.15) is 0 Å². The van der Waals surface area contributed by atoms with E-state index < -0.39 is 22.4 Å². The Kier molecular flexibility index (Phi) is 10.9. The molecule has 6 nitrogen and oxygen atoms in total. The molecule has 5 unspecified atom stereocenters. The Balaban J connectivity index is 5.66. The standard InChI is InChI=1S/C25H49N3O3/c1-11-22(6,16-24(8,13-3)21(31)27-10)15-19(30)28-20(18(5)29)23(7,12-2)17-25(9,26)14-4/h20H,11-17,26H2,1-10H3,(H,27,31)(H,28,30). The fourth-order valence-electron chi connectivity index (χ4n) is 4.77. The third-order valence-electron chi connectivity index (χ3n) is 7.65. The summed E-state index contributed by atoms with van der Waals surface area (Å²) in [4.78, 5) is 38.2. The first-order valence-corrected chi connectivity index (χ1v) is 11.9. The van der Waals surface area contributed by atoms with Crippen molar-refractivity contribution in [3.8, 4) is 0 Å². The van der Waals surface area contributed by atoms with Crippen LogP contribution in [-0.4, -0.2) is 36.2 Å². The van der Waals surface area contributed by atoms with E-state index in [2.05, 4.69) is 17.6 Å². The number of hydrogen-bond acceptors (Lipinski definition) is 4. The van der Waals surface area contributed by atoms with Gasteiger partial charge in [0.15, 0.2) is 5.78 Å². The second-order valence-electron chi connectivity index (χ2n) is 10.8. The van der Waals surface area contributed by atoms with E-state index >= 15 is 0 Å². The Hall–Kier alpha value is -1.43. The zero-order valence-electron chi connectivity index (χ0n) is 21.8. The first-order chi connectivity index (χ1) is 14.1. The summed E-state index contributed by atoms with van der Waals surface area (Å²) >= 11 is 0. The van der Waals surface area contributed by atoms with Crippen molar-refractivity contribution in [1.29, 1.82) is 0 Å². The maximum Gasteiger partial charge on any atom is 0.225 e. The lowest BCUT2D eigenvalue weighted by Gasteiger charge is -2.42. The molecule has 4 N–H and O–H groups in total. The topological polar surface area (TPSA) is 101 Å². The molecule has 0 aliphatic rings. The highest BCUT2D eigenvalue weighted by Crippen LogP contribution is 2.42. The Morgan fingerprint density at radius 2 is 1.42 bits per heavy atom. The van der Waals surface area contributed by atoms with E-state index in [0.29, 0.717) is 19.3 Å². The van der Waals surface area contributed by atoms with Crippen LogP contribution >= 0.6 is 0 Å². The molecule has 0 aromatic carbocycles. The molecular formula is C25H49N3O3. The summed E-state index contributed by atoms with van der Waals surface area (Å²) in [5.41, 5.74) is 4.71. The number of nitrogens with one attached hydrogen (secondary N) is 2. The van der Waals surface area contributed by atoms with Crippen LogP contribution in [0.15, 0.2) is 0 Å². The van der Waals surface area contributed by atoms with Crippen molar-refractivity contribution in [1.82, 2.24) is 10.6 Å². The Morgan fingerprint density at radius 3 is 1.77 bits per heavy atom. The van der Waals surface area contributed by atoms with Crippen molar-refractivity contribution >= 4 is 17.6 Å². The number of carbonyl (C=O) groups excluding carboxylic acids is 3. The normalized spacial score (nSPS) is 20.4. The molecule has 182 valence electrons. The SMILES string of the molecule is CCC(C)(N)CC(C)(CC)C(NC(=O)CC(C)(CC)CC(C)(CC)C(=O)NC)C(C)=O. The number of carbonyl (C=O) groups is 3. The third kappa shape index (κ3) is 8.21. The lowest BCUT2D eigenvalue weighted by Crippen LogP contribution is -2.55. The van der Waals surface area contributed by atoms with E-state index in [9.17, 15) is 14.4 Å². The summed E-state index contributed by atoms with van der Waals surface area (Å²) in [5.74, 6) is -0.196. The van der Waals surface area contributed by atoms with E-state index in [4.69, 9.17) is 5.73 Å². The van der Waals surface area contributed by atoms with Crippen LogP contribution in [0.5, 0.6) is 0 Å². The van der Waals surface area contributed by atoms with Crippen molar-refractivity contribution < 1.29 is 14.4 Å². The van der Waals surface area contributed by atoms with Crippen LogP contribution in [0, 0.1) is 16.2 Å². The largest absolute Gasteiger partial charge is 0.359 e. The van der Waals surface area contributed by atoms with Gasteiger partial charge < -0.3 is 16.4 Å². The van der Waals surface area contributed by atoms with Gasteiger partial charge in [0.25, 0.3) is 0 Å². The van der Waals surface area contributed by atoms with Crippen LogP contribution in [0.1, 0.15) is 107 Å². The molecule has 0 fully saturated rings. The van der Waals surface area contributed by atoms with Gasteiger partial charge in [-0.25, -0.2) is 0 Å². The van der Waals surface area contributed by atoms with Gasteiger partial charge in [-0.05, 0) is 56.8 Å². The Bertz CT molecular complexity index is 634. The minimum Gasteiger partial charge on any atom is -0.359 e. The molecule has 0 rings (SSSR count). The van der Waals surface area contributed by atoms with Crippen molar-refractivity contribution in [3.63, 3.8) is 0 Å². The first-order valence-electron chi connectivity index (χ1n) is 11.9. The van der Waals surface area contributed by atoms with Gasteiger partial charge in [-0.2, -0.15) is 0 Å². The maximum atomic E-state index is 13.1. The molecule has 0 saturated heterocycles. The predicted octanol–water partition coefficient (Wildman–Crippen LogP) is 4.35. The molecule has 0 aromatic heterocycles. The molecule has 5 atom stereocenters. The number of ketones is 1. The summed E-state index contributed by atoms with van der Waals surface area (Å²) in [6.45, 7) is 17.7. The molecule has 0 radical (unpaired) electrons. The van der Waals surface area contributed by atoms with Gasteiger partial charge in [0.05, 0.1) is 6.04 Å². The van der Waals surface area contributed by atoms with Gasteiger partial charge in [0.2, 0.25) is 11.8 Å². The smallest absolute Gasteiger partial charge is 0.225 e. The van der Waals surface area contributed by atoms with Crippen molar-refractivity contribution in [2.75, 3.05) is 7.05 Å². The van der Waals surface area contributed by atoms with Gasteiger partial charge in [-0.3, -0.25) is 14.4 Å². The van der Waals surface area contributed by atoms with Gasteiger partial charge >= 0.3 is 0 Å². The van der Waals surface area contributed by atoms with Crippen LogP contribution in [-0.2, 0) is 14.4 Å². The lowest BCUT2D eigenvalue weighted by molar-refractivity contribution is -0.135. The van der Waals surface area contributed by atoms with Crippen LogP contribution in [0.4, 0.5) is 0 Å². The lowest BCUT2D eigenvalue weighted by atomic mass is 9.67. The summed E-state index contributed by atoms with van der Waals surface area (Å²) in [5, 5.41) is 5.81. The van der Waals surface area contributed by atoms with E-state index in [1.807, 2.05) is 48.5 Å². The molecule has 0 heterocycles. The number of amides is 2. The first kappa shape index (κ1) is 29.6. The van der Waals surface area contributed by atoms with E-state index in [-0.39, 0.29) is 29.4 Å². The zero-order chi connectivity index (χ0) is 24.7. The quantitative estimate of drug-likeness (QED) is 0.374. The van der Waals surface area contributed by atoms with Crippen LogP contribution < -0.4 is 16.4 Å². The summed E-state index contributed by atoms with van der Waals surface area (Å²) in [6, 6.07) is -0.586. The summed E-state index contributed by atoms with van der Waals surface area (Å²) in [7, 11) is 1.65. The fourth-order valence-corrected chi connectivity index (χ4v) is 4.77. The number of nitrogens with two attached hydrogens (primary N) is 1. The highest BCUT2D eigenvalue weighted by atomic mass is 16.2. The maximum absolute atomic E-state index is 13.1. The van der Waals surface area contributed by atoms with Gasteiger partial charge in [-0.1, -0.05) is 54.9 Å². The number of rotatable bonds is 14. The second kappa shape index (κ2) is 11.4. The molecule has 6 heteroatoms. The molecule has 0 aliphatic heterocycles. The average molecular weight is 440 g/mol. The van der Waals surface area contributed by atoms with Gasteiger partial charge in [0, 0.05) is 24.4 Å². The minimum atomic E-state index is -0.586. The zero-order valence-corrected chi connectivity index (χ0v) is 21.8. The van der Waals surface area contributed by atoms with E-state index in [1.165, 1.54) is 6.92 Å².